The highest BCUT2D eigenvalue weighted by Crippen LogP contribution is 2.38. The van der Waals surface area contributed by atoms with Crippen molar-refractivity contribution in [1.29, 1.82) is 0 Å². The summed E-state index contributed by atoms with van der Waals surface area (Å²) in [6.45, 7) is 6.21. The molecule has 1 aromatic carbocycles. The van der Waals surface area contributed by atoms with Gasteiger partial charge in [-0.2, -0.15) is 0 Å². The van der Waals surface area contributed by atoms with Gasteiger partial charge in [0.25, 0.3) is 5.91 Å². The van der Waals surface area contributed by atoms with Gasteiger partial charge >= 0.3 is 0 Å². The van der Waals surface area contributed by atoms with Crippen LogP contribution in [0.4, 0.5) is 0 Å². The smallest absolute Gasteiger partial charge is 0.254 e. The number of hydrogen-bond acceptors (Lipinski definition) is 5. The first-order chi connectivity index (χ1) is 10.7. The Labute approximate surface area is 130 Å². The molecule has 2 rings (SSSR count). The Morgan fingerprint density at radius 3 is 2.36 bits per heavy atom. The molecule has 22 heavy (non-hydrogen) atoms. The monoisotopic (exact) mass is 307 g/mol. The quantitative estimate of drug-likeness (QED) is 0.749. The second-order valence-electron chi connectivity index (χ2n) is 4.71. The van der Waals surface area contributed by atoms with Gasteiger partial charge in [0.1, 0.15) is 6.61 Å². The van der Waals surface area contributed by atoms with Crippen LogP contribution in [0.2, 0.25) is 0 Å². The number of nitrogens with zero attached hydrogens (tertiary/aromatic N) is 1. The van der Waals surface area contributed by atoms with Crippen molar-refractivity contribution in [2.45, 2.75) is 0 Å². The summed E-state index contributed by atoms with van der Waals surface area (Å²) >= 11 is 0. The molecule has 120 valence electrons. The van der Waals surface area contributed by atoms with E-state index in [0.717, 1.165) is 0 Å². The highest BCUT2D eigenvalue weighted by molar-refractivity contribution is 5.95. The summed E-state index contributed by atoms with van der Waals surface area (Å²) in [6, 6.07) is 3.33. The number of benzene rings is 1. The van der Waals surface area contributed by atoms with Crippen LogP contribution in [0.5, 0.6) is 17.2 Å². The van der Waals surface area contributed by atoms with Crippen molar-refractivity contribution in [2.24, 2.45) is 0 Å². The van der Waals surface area contributed by atoms with Gasteiger partial charge in [0.2, 0.25) is 5.75 Å². The number of hydrogen-bond donors (Lipinski definition) is 0. The summed E-state index contributed by atoms with van der Waals surface area (Å²) in [7, 11) is 3.05. The summed E-state index contributed by atoms with van der Waals surface area (Å²) in [5.74, 6) is 1.30. The Hall–Kier alpha value is -2.21. The Morgan fingerprint density at radius 1 is 1.27 bits per heavy atom. The molecule has 1 fully saturated rings. The van der Waals surface area contributed by atoms with Crippen LogP contribution in [0.15, 0.2) is 24.8 Å². The van der Waals surface area contributed by atoms with Crippen LogP contribution in [-0.2, 0) is 4.74 Å². The van der Waals surface area contributed by atoms with E-state index in [-0.39, 0.29) is 5.91 Å². The molecule has 6 nitrogen and oxygen atoms in total. The molecule has 1 heterocycles. The van der Waals surface area contributed by atoms with E-state index >= 15 is 0 Å². The first-order valence-electron chi connectivity index (χ1n) is 7.08. The fraction of sp³-hybridized carbons (Fsp3) is 0.438. The molecule has 0 bridgehead atoms. The number of amides is 1. The average Bonchev–Trinajstić information content (AvgIpc) is 2.59. The molecule has 0 spiro atoms. The summed E-state index contributed by atoms with van der Waals surface area (Å²) < 4.78 is 21.5. The van der Waals surface area contributed by atoms with Gasteiger partial charge in [-0.05, 0) is 12.1 Å². The van der Waals surface area contributed by atoms with Gasteiger partial charge in [0.05, 0.1) is 27.4 Å². The predicted octanol–water partition coefficient (Wildman–Crippen LogP) is 1.74. The number of rotatable bonds is 6. The van der Waals surface area contributed by atoms with E-state index in [4.69, 9.17) is 18.9 Å². The minimum absolute atomic E-state index is 0.0739. The summed E-state index contributed by atoms with van der Waals surface area (Å²) in [5.41, 5.74) is 0.501. The lowest BCUT2D eigenvalue weighted by Crippen LogP contribution is -2.40. The van der Waals surface area contributed by atoms with Crippen molar-refractivity contribution < 1.29 is 23.7 Å². The summed E-state index contributed by atoms with van der Waals surface area (Å²) in [4.78, 5) is 14.3. The topological polar surface area (TPSA) is 57.2 Å². The fourth-order valence-corrected chi connectivity index (χ4v) is 2.24. The number of carbonyl (C=O) groups is 1. The second-order valence-corrected chi connectivity index (χ2v) is 4.71. The zero-order valence-electron chi connectivity index (χ0n) is 13.0. The number of morpholine rings is 1. The minimum Gasteiger partial charge on any atom is -0.493 e. The third-order valence-corrected chi connectivity index (χ3v) is 3.35. The molecule has 0 aliphatic carbocycles. The largest absolute Gasteiger partial charge is 0.493 e. The number of methoxy groups -OCH3 is 2. The van der Waals surface area contributed by atoms with Crippen molar-refractivity contribution in [2.75, 3.05) is 47.1 Å². The van der Waals surface area contributed by atoms with E-state index in [1.807, 2.05) is 0 Å². The van der Waals surface area contributed by atoms with E-state index < -0.39 is 0 Å². The zero-order valence-corrected chi connectivity index (χ0v) is 13.0. The zero-order chi connectivity index (χ0) is 15.9. The highest BCUT2D eigenvalue weighted by atomic mass is 16.5. The van der Waals surface area contributed by atoms with Crippen LogP contribution in [0, 0.1) is 0 Å². The normalized spacial score (nSPS) is 14.4. The van der Waals surface area contributed by atoms with Crippen molar-refractivity contribution in [3.63, 3.8) is 0 Å². The van der Waals surface area contributed by atoms with Gasteiger partial charge in [-0.1, -0.05) is 12.7 Å². The lowest BCUT2D eigenvalue weighted by Gasteiger charge is -2.27. The summed E-state index contributed by atoms with van der Waals surface area (Å²) in [5, 5.41) is 0. The third-order valence-electron chi connectivity index (χ3n) is 3.35. The van der Waals surface area contributed by atoms with Gasteiger partial charge in [-0.15, -0.1) is 0 Å². The Balaban J connectivity index is 2.31. The van der Waals surface area contributed by atoms with Crippen molar-refractivity contribution in [3.05, 3.63) is 30.4 Å². The molecular formula is C16H21NO5. The van der Waals surface area contributed by atoms with E-state index in [0.29, 0.717) is 55.7 Å². The van der Waals surface area contributed by atoms with Crippen molar-refractivity contribution in [1.82, 2.24) is 4.90 Å². The number of carbonyl (C=O) groups excluding carboxylic acids is 1. The maximum atomic E-state index is 12.6. The van der Waals surface area contributed by atoms with Crippen LogP contribution >= 0.6 is 0 Å². The molecule has 0 aromatic heterocycles. The van der Waals surface area contributed by atoms with Gasteiger partial charge in [0, 0.05) is 18.7 Å². The molecule has 1 aliphatic heterocycles. The lowest BCUT2D eigenvalue weighted by atomic mass is 10.1. The molecule has 1 aromatic rings. The maximum Gasteiger partial charge on any atom is 0.254 e. The standard InChI is InChI=1S/C16H21NO5/c1-4-7-22-15-13(19-2)10-12(11-14(15)20-3)16(18)17-5-8-21-9-6-17/h4,10-11H,1,5-9H2,2-3H3. The lowest BCUT2D eigenvalue weighted by molar-refractivity contribution is 0.0302. The molecule has 1 amide bonds. The molecule has 1 saturated heterocycles. The van der Waals surface area contributed by atoms with E-state index in [1.54, 1.807) is 23.1 Å². The SMILES string of the molecule is C=CCOc1c(OC)cc(C(=O)N2CCOCC2)cc1OC. The van der Waals surface area contributed by atoms with Crippen LogP contribution < -0.4 is 14.2 Å². The van der Waals surface area contributed by atoms with Gasteiger partial charge in [-0.3, -0.25) is 4.79 Å². The molecule has 1 aliphatic rings. The van der Waals surface area contributed by atoms with Crippen molar-refractivity contribution >= 4 is 5.91 Å². The highest BCUT2D eigenvalue weighted by Gasteiger charge is 2.22. The second kappa shape index (κ2) is 7.70. The summed E-state index contributed by atoms with van der Waals surface area (Å²) in [6.07, 6.45) is 1.63. The average molecular weight is 307 g/mol. The first-order valence-corrected chi connectivity index (χ1v) is 7.08. The minimum atomic E-state index is -0.0739. The molecule has 6 heteroatoms. The molecule has 0 saturated carbocycles. The Kier molecular flexibility index (Phi) is 5.66. The molecule has 0 atom stereocenters. The van der Waals surface area contributed by atoms with Gasteiger partial charge in [0.15, 0.2) is 11.5 Å². The predicted molar refractivity (Wildman–Crippen MR) is 82.0 cm³/mol. The van der Waals surface area contributed by atoms with Crippen molar-refractivity contribution in [3.8, 4) is 17.2 Å². The van der Waals surface area contributed by atoms with Gasteiger partial charge in [-0.25, -0.2) is 0 Å². The van der Waals surface area contributed by atoms with Crippen LogP contribution in [0.3, 0.4) is 0 Å². The van der Waals surface area contributed by atoms with E-state index in [9.17, 15) is 4.79 Å². The molecule has 0 N–H and O–H groups in total. The fourth-order valence-electron chi connectivity index (χ4n) is 2.24. The molecular weight excluding hydrogens is 286 g/mol. The number of ether oxygens (including phenoxy) is 4. The van der Waals surface area contributed by atoms with E-state index in [1.165, 1.54) is 14.2 Å². The molecule has 0 unspecified atom stereocenters. The maximum absolute atomic E-state index is 12.6. The molecule has 0 radical (unpaired) electrons. The Morgan fingerprint density at radius 2 is 1.86 bits per heavy atom. The first kappa shape index (κ1) is 16.2. The van der Waals surface area contributed by atoms with Crippen LogP contribution in [-0.4, -0.2) is 57.9 Å². The van der Waals surface area contributed by atoms with E-state index in [2.05, 4.69) is 6.58 Å². The van der Waals surface area contributed by atoms with Gasteiger partial charge < -0.3 is 23.8 Å². The van der Waals surface area contributed by atoms with Crippen LogP contribution in [0.1, 0.15) is 10.4 Å². The Bertz CT molecular complexity index is 512. The van der Waals surface area contributed by atoms with Crippen LogP contribution in [0.25, 0.3) is 0 Å². The third kappa shape index (κ3) is 3.51.